The molecule has 0 atom stereocenters. The summed E-state index contributed by atoms with van der Waals surface area (Å²) in [6.45, 7) is 2.34. The number of carbonyl (C=O) groups excluding carboxylic acids is 1. The first-order valence-corrected chi connectivity index (χ1v) is 10.8. The number of hydrogen-bond donors (Lipinski definition) is 2. The molecule has 4 rings (SSSR count). The van der Waals surface area contributed by atoms with Gasteiger partial charge in [0.1, 0.15) is 0 Å². The summed E-state index contributed by atoms with van der Waals surface area (Å²) in [6.07, 6.45) is 0. The lowest BCUT2D eigenvalue weighted by atomic mass is 10.1. The maximum atomic E-state index is 12.8. The van der Waals surface area contributed by atoms with Gasteiger partial charge in [-0.15, -0.1) is 10.2 Å². The summed E-state index contributed by atoms with van der Waals surface area (Å²) in [4.78, 5) is 14.9. The van der Waals surface area contributed by atoms with Gasteiger partial charge in [0.2, 0.25) is 15.8 Å². The third-order valence-electron chi connectivity index (χ3n) is 4.94. The number of tetrazole rings is 1. The molecule has 11 heteroatoms. The summed E-state index contributed by atoms with van der Waals surface area (Å²) in [5.74, 6) is 0.0677. The summed E-state index contributed by atoms with van der Waals surface area (Å²) in [6, 6.07) is 13.0. The van der Waals surface area contributed by atoms with Crippen molar-refractivity contribution >= 4 is 21.6 Å². The van der Waals surface area contributed by atoms with Crippen molar-refractivity contribution < 1.29 is 13.2 Å². The topological polar surface area (TPSA) is 124 Å². The molecule has 1 saturated heterocycles. The van der Waals surface area contributed by atoms with Crippen LogP contribution in [-0.4, -0.2) is 77.4 Å². The quantitative estimate of drug-likeness (QED) is 0.624. The first kappa shape index (κ1) is 20.1. The van der Waals surface area contributed by atoms with Gasteiger partial charge in [0.15, 0.2) is 0 Å². The first-order valence-electron chi connectivity index (χ1n) is 9.37. The highest BCUT2D eigenvalue weighted by Crippen LogP contribution is 2.21. The number of sulfonamides is 1. The summed E-state index contributed by atoms with van der Waals surface area (Å²) in [7, 11) is -1.57. The molecular formula is C19H21N7O3S. The zero-order valence-electron chi connectivity index (χ0n) is 16.3. The van der Waals surface area contributed by atoms with Crippen molar-refractivity contribution in [3.05, 3.63) is 54.1 Å². The second kappa shape index (κ2) is 8.30. The van der Waals surface area contributed by atoms with Gasteiger partial charge in [-0.2, -0.15) is 9.52 Å². The smallest absolute Gasteiger partial charge is 0.255 e. The lowest BCUT2D eigenvalue weighted by Crippen LogP contribution is -2.46. The zero-order valence-corrected chi connectivity index (χ0v) is 17.1. The molecule has 0 spiro atoms. The Morgan fingerprint density at radius 1 is 1.07 bits per heavy atom. The van der Waals surface area contributed by atoms with E-state index >= 15 is 0 Å². The number of nitrogens with zero attached hydrogens (tertiary/aromatic N) is 5. The van der Waals surface area contributed by atoms with E-state index in [2.05, 4.69) is 30.8 Å². The van der Waals surface area contributed by atoms with E-state index < -0.39 is 10.0 Å². The van der Waals surface area contributed by atoms with E-state index in [0.717, 1.165) is 0 Å². The molecule has 1 aliphatic rings. The number of hydrogen-bond acceptors (Lipinski definition) is 7. The Balaban J connectivity index is 1.46. The third-order valence-corrected chi connectivity index (χ3v) is 6.85. The predicted molar refractivity (Wildman–Crippen MR) is 110 cm³/mol. The molecule has 1 amide bonds. The van der Waals surface area contributed by atoms with Gasteiger partial charge in [-0.25, -0.2) is 8.42 Å². The van der Waals surface area contributed by atoms with Gasteiger partial charge >= 0.3 is 0 Å². The fraction of sp³-hybridized carbons (Fsp3) is 0.263. The molecule has 0 aliphatic carbocycles. The van der Waals surface area contributed by atoms with Crippen molar-refractivity contribution in [2.24, 2.45) is 0 Å². The van der Waals surface area contributed by atoms with Crippen molar-refractivity contribution in [3.8, 4) is 11.4 Å². The summed E-state index contributed by atoms with van der Waals surface area (Å²) < 4.78 is 27.1. The van der Waals surface area contributed by atoms with Crippen molar-refractivity contribution in [3.63, 3.8) is 0 Å². The standard InChI is InChI=1S/C19H21N7O3S/c1-25-9-11-26(12-10-25)30(28,29)17-7-5-16(6-8-17)20-19(27)15-4-2-3-14(13-15)18-21-23-24-22-18/h2-8,13H,9-12H2,1H3,(H,20,27)(H,21,22,23,24). The van der Waals surface area contributed by atoms with Gasteiger partial charge in [0, 0.05) is 43.0 Å². The maximum Gasteiger partial charge on any atom is 0.255 e. The number of carbonyl (C=O) groups is 1. The minimum atomic E-state index is -3.54. The lowest BCUT2D eigenvalue weighted by molar-refractivity contribution is 0.102. The molecule has 0 saturated carbocycles. The van der Waals surface area contributed by atoms with Crippen molar-refractivity contribution in [1.29, 1.82) is 0 Å². The summed E-state index contributed by atoms with van der Waals surface area (Å²) >= 11 is 0. The Bertz CT molecular complexity index is 1120. The highest BCUT2D eigenvalue weighted by Gasteiger charge is 2.27. The Morgan fingerprint density at radius 3 is 2.47 bits per heavy atom. The molecule has 1 aromatic heterocycles. The fourth-order valence-corrected chi connectivity index (χ4v) is 4.60. The Labute approximate surface area is 173 Å². The Hall–Kier alpha value is -3.15. The van der Waals surface area contributed by atoms with E-state index in [1.54, 1.807) is 36.4 Å². The Kier molecular flexibility index (Phi) is 5.57. The molecule has 30 heavy (non-hydrogen) atoms. The second-order valence-corrected chi connectivity index (χ2v) is 8.94. The number of aromatic amines is 1. The fourth-order valence-electron chi connectivity index (χ4n) is 3.17. The molecule has 10 nitrogen and oxygen atoms in total. The normalized spacial score (nSPS) is 15.8. The summed E-state index contributed by atoms with van der Waals surface area (Å²) in [5.41, 5.74) is 1.58. The molecular weight excluding hydrogens is 406 g/mol. The Morgan fingerprint density at radius 2 is 1.80 bits per heavy atom. The van der Waals surface area contributed by atoms with E-state index in [-0.39, 0.29) is 10.8 Å². The van der Waals surface area contributed by atoms with E-state index in [1.807, 2.05) is 7.05 Å². The highest BCUT2D eigenvalue weighted by molar-refractivity contribution is 7.89. The number of piperazine rings is 1. The number of aromatic nitrogens is 4. The number of nitrogens with one attached hydrogen (secondary N) is 2. The van der Waals surface area contributed by atoms with E-state index in [9.17, 15) is 13.2 Å². The molecule has 0 bridgehead atoms. The van der Waals surface area contributed by atoms with E-state index in [0.29, 0.717) is 48.8 Å². The molecule has 3 aromatic rings. The van der Waals surface area contributed by atoms with Gasteiger partial charge in [-0.3, -0.25) is 4.79 Å². The van der Waals surface area contributed by atoms with Crippen LogP contribution < -0.4 is 5.32 Å². The van der Waals surface area contributed by atoms with Crippen molar-refractivity contribution in [2.75, 3.05) is 38.5 Å². The molecule has 1 aliphatic heterocycles. The maximum absolute atomic E-state index is 12.8. The lowest BCUT2D eigenvalue weighted by Gasteiger charge is -2.31. The molecule has 0 radical (unpaired) electrons. The predicted octanol–water partition coefficient (Wildman–Crippen LogP) is 1.06. The molecule has 0 unspecified atom stereocenters. The number of anilines is 1. The van der Waals surface area contributed by atoms with Crippen molar-refractivity contribution in [2.45, 2.75) is 4.90 Å². The second-order valence-electron chi connectivity index (χ2n) is 7.00. The van der Waals surface area contributed by atoms with Crippen LogP contribution in [0.1, 0.15) is 10.4 Å². The van der Waals surface area contributed by atoms with Gasteiger partial charge in [-0.1, -0.05) is 12.1 Å². The SMILES string of the molecule is CN1CCN(S(=O)(=O)c2ccc(NC(=O)c3cccc(-c4nn[nH]n4)c3)cc2)CC1. The molecule has 1 fully saturated rings. The van der Waals surface area contributed by atoms with Crippen LogP contribution >= 0.6 is 0 Å². The van der Waals surface area contributed by atoms with Crippen LogP contribution in [0.4, 0.5) is 5.69 Å². The number of rotatable bonds is 5. The average molecular weight is 427 g/mol. The molecule has 156 valence electrons. The molecule has 2 aromatic carbocycles. The first-order chi connectivity index (χ1) is 14.4. The van der Waals surface area contributed by atoms with Gasteiger partial charge in [0.05, 0.1) is 4.90 Å². The average Bonchev–Trinajstić information content (AvgIpc) is 3.30. The van der Waals surface area contributed by atoms with Crippen LogP contribution in [0.25, 0.3) is 11.4 Å². The molecule has 2 N–H and O–H groups in total. The van der Waals surface area contributed by atoms with Crippen molar-refractivity contribution in [1.82, 2.24) is 29.8 Å². The number of likely N-dealkylation sites (N-methyl/N-ethyl adjacent to an activating group) is 1. The van der Waals surface area contributed by atoms with Crippen LogP contribution in [0.5, 0.6) is 0 Å². The summed E-state index contributed by atoms with van der Waals surface area (Å²) in [5, 5.41) is 16.5. The minimum absolute atomic E-state index is 0.212. The zero-order chi connectivity index (χ0) is 21.1. The largest absolute Gasteiger partial charge is 0.322 e. The van der Waals surface area contributed by atoms with Crippen LogP contribution in [0.3, 0.4) is 0 Å². The van der Waals surface area contributed by atoms with E-state index in [4.69, 9.17) is 0 Å². The highest BCUT2D eigenvalue weighted by atomic mass is 32.2. The van der Waals surface area contributed by atoms with Crippen LogP contribution in [-0.2, 0) is 10.0 Å². The third kappa shape index (κ3) is 4.22. The van der Waals surface area contributed by atoms with Crippen LogP contribution in [0.15, 0.2) is 53.4 Å². The van der Waals surface area contributed by atoms with Gasteiger partial charge < -0.3 is 10.2 Å². The number of benzene rings is 2. The van der Waals surface area contributed by atoms with Gasteiger partial charge in [0.25, 0.3) is 5.91 Å². The minimum Gasteiger partial charge on any atom is -0.322 e. The molecule has 2 heterocycles. The van der Waals surface area contributed by atoms with E-state index in [1.165, 1.54) is 16.4 Å². The monoisotopic (exact) mass is 427 g/mol. The van der Waals surface area contributed by atoms with Crippen LogP contribution in [0.2, 0.25) is 0 Å². The number of amides is 1. The van der Waals surface area contributed by atoms with Gasteiger partial charge in [-0.05, 0) is 48.7 Å². The van der Waals surface area contributed by atoms with Crippen LogP contribution in [0, 0.1) is 0 Å². The number of H-pyrrole nitrogens is 1.